The minimum atomic E-state index is 0.141. The topological polar surface area (TPSA) is 44.9 Å². The van der Waals surface area contributed by atoms with E-state index >= 15 is 0 Å². The molecule has 0 amide bonds. The molecule has 0 aliphatic carbocycles. The number of H-pyrrole nitrogens is 1. The molecule has 0 radical (unpaired) electrons. The number of nitrogens with one attached hydrogen (secondary N) is 2. The number of aromatic nitrogens is 1. The predicted octanol–water partition coefficient (Wildman–Crippen LogP) is 3.10. The molecule has 0 fully saturated rings. The second-order valence-corrected chi connectivity index (χ2v) is 5.71. The van der Waals surface area contributed by atoms with Crippen molar-refractivity contribution in [2.45, 2.75) is 46.2 Å². The quantitative estimate of drug-likeness (QED) is 0.856. The Morgan fingerprint density at radius 2 is 1.90 bits per heavy atom. The number of aromatic amines is 1. The molecule has 2 rings (SSSR count). The van der Waals surface area contributed by atoms with Gasteiger partial charge in [0.05, 0.1) is 0 Å². The lowest BCUT2D eigenvalue weighted by Crippen LogP contribution is -2.28. The third kappa shape index (κ3) is 4.30. The highest BCUT2D eigenvalue weighted by Crippen LogP contribution is 2.06. The van der Waals surface area contributed by atoms with E-state index in [-0.39, 0.29) is 5.43 Å². The lowest BCUT2D eigenvalue weighted by Gasteiger charge is -2.15. The average Bonchev–Trinajstić information content (AvgIpc) is 2.51. The molecule has 1 aromatic heterocycles. The van der Waals surface area contributed by atoms with Gasteiger partial charge in [-0.25, -0.2) is 0 Å². The maximum atomic E-state index is 11.9. The van der Waals surface area contributed by atoms with Crippen molar-refractivity contribution < 1.29 is 0 Å². The Balaban J connectivity index is 1.85. The van der Waals surface area contributed by atoms with Crippen molar-refractivity contribution in [1.82, 2.24) is 10.3 Å². The minimum absolute atomic E-state index is 0.141. The molecular formula is C18H24N2O. The van der Waals surface area contributed by atoms with Crippen LogP contribution >= 0.6 is 0 Å². The third-order valence-electron chi connectivity index (χ3n) is 3.95. The monoisotopic (exact) mass is 284 g/mol. The van der Waals surface area contributed by atoms with E-state index < -0.39 is 0 Å². The Morgan fingerprint density at radius 3 is 2.62 bits per heavy atom. The number of pyridine rings is 1. The molecule has 3 nitrogen and oxygen atoms in total. The summed E-state index contributed by atoms with van der Waals surface area (Å²) in [5, 5.41) is 3.49. The molecule has 1 atom stereocenters. The second kappa shape index (κ2) is 7.23. The van der Waals surface area contributed by atoms with Crippen LogP contribution in [0.5, 0.6) is 0 Å². The van der Waals surface area contributed by atoms with Crippen LogP contribution in [0.3, 0.4) is 0 Å². The summed E-state index contributed by atoms with van der Waals surface area (Å²) < 4.78 is 0. The number of hydrogen-bond acceptors (Lipinski definition) is 2. The van der Waals surface area contributed by atoms with Crippen LogP contribution < -0.4 is 10.7 Å². The number of benzene rings is 1. The smallest absolute Gasteiger partial charge is 0.187 e. The van der Waals surface area contributed by atoms with Gasteiger partial charge < -0.3 is 10.3 Å². The summed E-state index contributed by atoms with van der Waals surface area (Å²) in [4.78, 5) is 15.1. The Bertz CT molecular complexity index is 631. The van der Waals surface area contributed by atoms with Gasteiger partial charge in [0, 0.05) is 35.6 Å². The van der Waals surface area contributed by atoms with E-state index in [1.54, 1.807) is 6.20 Å². The van der Waals surface area contributed by atoms with Crippen molar-refractivity contribution in [1.29, 1.82) is 0 Å². The van der Waals surface area contributed by atoms with E-state index in [9.17, 15) is 4.79 Å². The van der Waals surface area contributed by atoms with Crippen molar-refractivity contribution in [2.75, 3.05) is 0 Å². The van der Waals surface area contributed by atoms with Crippen LogP contribution in [0.1, 0.15) is 35.7 Å². The molecule has 1 heterocycles. The van der Waals surface area contributed by atoms with Crippen LogP contribution in [-0.4, -0.2) is 11.0 Å². The van der Waals surface area contributed by atoms with Crippen molar-refractivity contribution >= 4 is 0 Å². The van der Waals surface area contributed by atoms with E-state index in [2.05, 4.69) is 41.5 Å². The van der Waals surface area contributed by atoms with E-state index in [1.165, 1.54) is 5.56 Å². The first-order valence-corrected chi connectivity index (χ1v) is 7.53. The van der Waals surface area contributed by atoms with Gasteiger partial charge in [0.1, 0.15) is 0 Å². The fourth-order valence-electron chi connectivity index (χ4n) is 2.39. The zero-order valence-electron chi connectivity index (χ0n) is 13.1. The number of rotatable bonds is 6. The first kappa shape index (κ1) is 15.5. The highest BCUT2D eigenvalue weighted by molar-refractivity contribution is 5.23. The normalized spacial score (nSPS) is 12.3. The molecule has 0 spiro atoms. The third-order valence-corrected chi connectivity index (χ3v) is 3.95. The summed E-state index contributed by atoms with van der Waals surface area (Å²) in [7, 11) is 0. The molecule has 0 saturated heterocycles. The van der Waals surface area contributed by atoms with Crippen molar-refractivity contribution in [3.8, 4) is 0 Å². The largest absolute Gasteiger partial charge is 0.363 e. The Labute approximate surface area is 126 Å². The fraction of sp³-hybridized carbons (Fsp3) is 0.389. The predicted molar refractivity (Wildman–Crippen MR) is 87.6 cm³/mol. The van der Waals surface area contributed by atoms with Crippen LogP contribution in [0.2, 0.25) is 0 Å². The summed E-state index contributed by atoms with van der Waals surface area (Å²) in [6.45, 7) is 6.62. The molecule has 21 heavy (non-hydrogen) atoms. The van der Waals surface area contributed by atoms with Crippen LogP contribution in [0.25, 0.3) is 0 Å². The molecule has 3 heteroatoms. The summed E-state index contributed by atoms with van der Waals surface area (Å²) in [6, 6.07) is 10.9. The molecule has 0 bridgehead atoms. The van der Waals surface area contributed by atoms with Crippen molar-refractivity contribution in [3.05, 3.63) is 69.1 Å². The van der Waals surface area contributed by atoms with E-state index in [0.29, 0.717) is 12.6 Å². The summed E-state index contributed by atoms with van der Waals surface area (Å²) in [5.41, 5.74) is 4.08. The molecule has 112 valence electrons. The van der Waals surface area contributed by atoms with Gasteiger partial charge in [-0.05, 0) is 39.2 Å². The Hall–Kier alpha value is -1.87. The molecule has 0 aliphatic heterocycles. The molecule has 2 N–H and O–H groups in total. The van der Waals surface area contributed by atoms with Gasteiger partial charge in [0.2, 0.25) is 0 Å². The molecule has 1 unspecified atom stereocenters. The van der Waals surface area contributed by atoms with Gasteiger partial charge in [0.25, 0.3) is 0 Å². The van der Waals surface area contributed by atoms with Gasteiger partial charge in [-0.15, -0.1) is 0 Å². The highest BCUT2D eigenvalue weighted by atomic mass is 16.1. The van der Waals surface area contributed by atoms with Gasteiger partial charge in [-0.2, -0.15) is 0 Å². The lowest BCUT2D eigenvalue weighted by atomic mass is 10.1. The number of aryl methyl sites for hydroxylation is 2. The SMILES string of the molecule is Cc1c[nH]c(CNC(C)CCc2ccccc2)c(C)c1=O. The van der Waals surface area contributed by atoms with Crippen molar-refractivity contribution in [3.63, 3.8) is 0 Å². The second-order valence-electron chi connectivity index (χ2n) is 5.71. The maximum Gasteiger partial charge on any atom is 0.187 e. The Kier molecular flexibility index (Phi) is 5.34. The zero-order chi connectivity index (χ0) is 15.2. The van der Waals surface area contributed by atoms with E-state index in [1.807, 2.05) is 19.9 Å². The summed E-state index contributed by atoms with van der Waals surface area (Å²) in [5.74, 6) is 0. The van der Waals surface area contributed by atoms with Crippen LogP contribution in [0, 0.1) is 13.8 Å². The van der Waals surface area contributed by atoms with Crippen LogP contribution in [0.4, 0.5) is 0 Å². The lowest BCUT2D eigenvalue weighted by molar-refractivity contribution is 0.508. The van der Waals surface area contributed by atoms with Gasteiger partial charge >= 0.3 is 0 Å². The van der Waals surface area contributed by atoms with Gasteiger partial charge in [0.15, 0.2) is 5.43 Å². The zero-order valence-corrected chi connectivity index (χ0v) is 13.1. The summed E-state index contributed by atoms with van der Waals surface area (Å²) in [6.07, 6.45) is 3.94. The highest BCUT2D eigenvalue weighted by Gasteiger charge is 2.07. The van der Waals surface area contributed by atoms with E-state index in [0.717, 1.165) is 29.7 Å². The molecule has 2 aromatic rings. The van der Waals surface area contributed by atoms with E-state index in [4.69, 9.17) is 0 Å². The molecule has 1 aromatic carbocycles. The molecular weight excluding hydrogens is 260 g/mol. The van der Waals surface area contributed by atoms with Crippen molar-refractivity contribution in [2.24, 2.45) is 0 Å². The van der Waals surface area contributed by atoms with Crippen LogP contribution in [-0.2, 0) is 13.0 Å². The van der Waals surface area contributed by atoms with Crippen LogP contribution in [0.15, 0.2) is 41.3 Å². The average molecular weight is 284 g/mol. The maximum absolute atomic E-state index is 11.9. The summed E-state index contributed by atoms with van der Waals surface area (Å²) >= 11 is 0. The van der Waals surface area contributed by atoms with Gasteiger partial charge in [-0.3, -0.25) is 4.79 Å². The standard InChI is InChI=1S/C18H24N2O/c1-13-11-20-17(15(3)18(13)21)12-19-14(2)9-10-16-7-5-4-6-8-16/h4-8,11,14,19H,9-10,12H2,1-3H3,(H,20,21). The minimum Gasteiger partial charge on any atom is -0.363 e. The van der Waals surface area contributed by atoms with Gasteiger partial charge in [-0.1, -0.05) is 30.3 Å². The molecule has 0 aliphatic rings. The first-order valence-electron chi connectivity index (χ1n) is 7.53. The molecule has 0 saturated carbocycles. The Morgan fingerprint density at radius 1 is 1.19 bits per heavy atom. The first-order chi connectivity index (χ1) is 10.1. The number of hydrogen-bond donors (Lipinski definition) is 2. The fourth-order valence-corrected chi connectivity index (χ4v) is 2.39.